The Balaban J connectivity index is 0.000000202. The fourth-order valence-corrected chi connectivity index (χ4v) is 0.313. The molecule has 0 saturated carbocycles. The van der Waals surface area contributed by atoms with E-state index >= 15 is 0 Å². The molecule has 0 aliphatic rings. The van der Waals surface area contributed by atoms with E-state index in [-0.39, 0.29) is 9.83 Å². The smallest absolute Gasteiger partial charge is 0.277 e. The quantitative estimate of drug-likeness (QED) is 0.430. The molecule has 7 heteroatoms. The second-order valence-electron chi connectivity index (χ2n) is 1.53. The minimum atomic E-state index is -3.88. The van der Waals surface area contributed by atoms with Crippen molar-refractivity contribution in [2.45, 2.75) is 0 Å². The van der Waals surface area contributed by atoms with Gasteiger partial charge in [-0.1, -0.05) is 17.7 Å². The van der Waals surface area contributed by atoms with Gasteiger partial charge in [0.15, 0.2) is 0 Å². The SMILES string of the molecule is O=S(=O)(O)SS.c1ccncc1. The topological polar surface area (TPSA) is 67.3 Å². The zero-order valence-corrected chi connectivity index (χ0v) is 8.39. The number of hydrogen-bond donors (Lipinski definition) is 2. The summed E-state index contributed by atoms with van der Waals surface area (Å²) < 4.78 is 26.6. The number of thiol groups is 1. The number of hydrogen-bond acceptors (Lipinski definition) is 5. The van der Waals surface area contributed by atoms with Crippen molar-refractivity contribution in [3.05, 3.63) is 30.6 Å². The maximum Gasteiger partial charge on any atom is 0.329 e. The summed E-state index contributed by atoms with van der Waals surface area (Å²) >= 11 is 3.18. The molecule has 0 aromatic carbocycles. The van der Waals surface area contributed by atoms with Crippen molar-refractivity contribution in [1.82, 2.24) is 4.98 Å². The molecule has 0 unspecified atom stereocenters. The molecule has 0 spiro atoms. The van der Waals surface area contributed by atoms with Gasteiger partial charge in [0, 0.05) is 12.4 Å². The lowest BCUT2D eigenvalue weighted by Crippen LogP contribution is -1.82. The van der Waals surface area contributed by atoms with E-state index in [1.807, 2.05) is 18.2 Å². The minimum absolute atomic E-state index is 0.104. The Labute approximate surface area is 79.4 Å². The van der Waals surface area contributed by atoms with Crippen molar-refractivity contribution in [3.8, 4) is 0 Å². The van der Waals surface area contributed by atoms with Gasteiger partial charge in [-0.05, 0) is 12.1 Å². The highest BCUT2D eigenvalue weighted by Crippen LogP contribution is 2.11. The first kappa shape index (κ1) is 11.8. The molecule has 1 N–H and O–H groups in total. The van der Waals surface area contributed by atoms with Gasteiger partial charge in [-0.3, -0.25) is 9.54 Å². The molecule has 1 aromatic rings. The third kappa shape index (κ3) is 9.76. The summed E-state index contributed by atoms with van der Waals surface area (Å²) in [7, 11) is -3.78. The van der Waals surface area contributed by atoms with Gasteiger partial charge in [-0.25, -0.2) is 0 Å². The van der Waals surface area contributed by atoms with Crippen molar-refractivity contribution in [2.75, 3.05) is 0 Å². The van der Waals surface area contributed by atoms with E-state index in [4.69, 9.17) is 4.55 Å². The molecule has 0 atom stereocenters. The molecule has 0 amide bonds. The van der Waals surface area contributed by atoms with Crippen molar-refractivity contribution in [2.24, 2.45) is 0 Å². The molecule has 0 aliphatic heterocycles. The van der Waals surface area contributed by atoms with Crippen molar-refractivity contribution in [1.29, 1.82) is 0 Å². The van der Waals surface area contributed by atoms with Crippen molar-refractivity contribution in [3.63, 3.8) is 0 Å². The van der Waals surface area contributed by atoms with Gasteiger partial charge < -0.3 is 0 Å². The minimum Gasteiger partial charge on any atom is -0.277 e. The van der Waals surface area contributed by atoms with Crippen LogP contribution in [0.1, 0.15) is 0 Å². The molecule has 0 saturated heterocycles. The number of pyridine rings is 1. The van der Waals surface area contributed by atoms with Gasteiger partial charge in [0.05, 0.1) is 9.83 Å². The first-order valence-electron chi connectivity index (χ1n) is 2.71. The zero-order chi connectivity index (χ0) is 9.45. The first-order chi connectivity index (χ1) is 5.56. The standard InChI is InChI=1S/C5H5N.H2O3S3/c1-2-4-6-5-3-1;1-6(2,3)5-4/h1-5H;4H,(H,1,2,3). The molecule has 0 bridgehead atoms. The van der Waals surface area contributed by atoms with Crippen LogP contribution in [0.25, 0.3) is 0 Å². The lowest BCUT2D eigenvalue weighted by Gasteiger charge is -1.77. The summed E-state index contributed by atoms with van der Waals surface area (Å²) in [6, 6.07) is 5.72. The predicted octanol–water partition coefficient (Wildman–Crippen LogP) is 1.45. The fraction of sp³-hybridized carbons (Fsp3) is 0. The Bertz CT molecular complexity index is 259. The van der Waals surface area contributed by atoms with E-state index in [0.29, 0.717) is 0 Å². The summed E-state index contributed by atoms with van der Waals surface area (Å²) in [6.45, 7) is 0. The molecule has 1 aromatic heterocycles. The largest absolute Gasteiger partial charge is 0.329 e. The Morgan fingerprint density at radius 2 is 1.67 bits per heavy atom. The van der Waals surface area contributed by atoms with Crippen LogP contribution in [0.2, 0.25) is 0 Å². The lowest BCUT2D eigenvalue weighted by atomic mass is 10.5. The van der Waals surface area contributed by atoms with E-state index in [2.05, 4.69) is 16.6 Å². The molecule has 0 aliphatic carbocycles. The summed E-state index contributed by atoms with van der Waals surface area (Å²) in [5.74, 6) is 0. The molecule has 68 valence electrons. The van der Waals surface area contributed by atoms with E-state index < -0.39 is 9.15 Å². The van der Waals surface area contributed by atoms with Crippen LogP contribution in [0.4, 0.5) is 0 Å². The van der Waals surface area contributed by atoms with E-state index in [1.54, 1.807) is 12.4 Å². The summed E-state index contributed by atoms with van der Waals surface area (Å²) in [4.78, 5) is 3.78. The summed E-state index contributed by atoms with van der Waals surface area (Å²) in [5, 5.41) is 0. The van der Waals surface area contributed by atoms with E-state index in [1.165, 1.54) is 0 Å². The molecule has 0 radical (unpaired) electrons. The lowest BCUT2D eigenvalue weighted by molar-refractivity contribution is 0.503. The molecule has 1 rings (SSSR count). The van der Waals surface area contributed by atoms with Crippen LogP contribution in [-0.4, -0.2) is 18.0 Å². The number of aromatic nitrogens is 1. The number of nitrogens with zero attached hydrogens (tertiary/aromatic N) is 1. The van der Waals surface area contributed by atoms with Crippen LogP contribution < -0.4 is 0 Å². The maximum absolute atomic E-state index is 9.44. The highest BCUT2D eigenvalue weighted by molar-refractivity contribution is 9.01. The van der Waals surface area contributed by atoms with Crippen LogP contribution in [0.15, 0.2) is 30.6 Å². The van der Waals surface area contributed by atoms with Gasteiger partial charge in [-0.2, -0.15) is 8.42 Å². The van der Waals surface area contributed by atoms with E-state index in [0.717, 1.165) is 0 Å². The van der Waals surface area contributed by atoms with Gasteiger partial charge in [0.25, 0.3) is 0 Å². The molecule has 0 fully saturated rings. The van der Waals surface area contributed by atoms with Crippen LogP contribution >= 0.6 is 21.5 Å². The maximum atomic E-state index is 9.44. The highest BCUT2D eigenvalue weighted by atomic mass is 33.5. The molecular weight excluding hydrogens is 218 g/mol. The van der Waals surface area contributed by atoms with Crippen LogP contribution in [-0.2, 0) is 9.15 Å². The third-order valence-electron chi connectivity index (χ3n) is 0.661. The average Bonchev–Trinajstić information content (AvgIpc) is 2.07. The van der Waals surface area contributed by atoms with Crippen LogP contribution in [0.5, 0.6) is 0 Å². The Kier molecular flexibility index (Phi) is 6.17. The monoisotopic (exact) mass is 225 g/mol. The Morgan fingerprint density at radius 1 is 1.25 bits per heavy atom. The van der Waals surface area contributed by atoms with Crippen molar-refractivity contribution < 1.29 is 13.0 Å². The fourth-order valence-electron chi connectivity index (χ4n) is 0.313. The summed E-state index contributed by atoms with van der Waals surface area (Å²) in [6.07, 6.45) is 3.50. The van der Waals surface area contributed by atoms with Gasteiger partial charge in [0.1, 0.15) is 0 Å². The normalized spacial score (nSPS) is 9.83. The number of rotatable bonds is 1. The molecule has 12 heavy (non-hydrogen) atoms. The van der Waals surface area contributed by atoms with Crippen molar-refractivity contribution >= 4 is 30.6 Å². The second-order valence-corrected chi connectivity index (χ2v) is 5.58. The Morgan fingerprint density at radius 3 is 1.75 bits per heavy atom. The summed E-state index contributed by atoms with van der Waals surface area (Å²) in [5.41, 5.74) is 0. The first-order valence-corrected chi connectivity index (χ1v) is 6.54. The van der Waals surface area contributed by atoms with Crippen LogP contribution in [0, 0.1) is 0 Å². The van der Waals surface area contributed by atoms with Gasteiger partial charge >= 0.3 is 9.15 Å². The average molecular weight is 225 g/mol. The second kappa shape index (κ2) is 6.30. The van der Waals surface area contributed by atoms with E-state index in [9.17, 15) is 8.42 Å². The highest BCUT2D eigenvalue weighted by Gasteiger charge is 1.96. The van der Waals surface area contributed by atoms with Gasteiger partial charge in [-0.15, -0.1) is 0 Å². The molecule has 4 nitrogen and oxygen atoms in total. The predicted molar refractivity (Wildman–Crippen MR) is 52.4 cm³/mol. The Hall–Kier alpha value is -0.240. The van der Waals surface area contributed by atoms with Crippen LogP contribution in [0.3, 0.4) is 0 Å². The zero-order valence-electron chi connectivity index (χ0n) is 5.86. The molecule has 1 heterocycles. The molecular formula is C5H7NO3S3. The third-order valence-corrected chi connectivity index (χ3v) is 3.11. The van der Waals surface area contributed by atoms with Gasteiger partial charge in [0.2, 0.25) is 0 Å².